The van der Waals surface area contributed by atoms with Gasteiger partial charge in [-0.15, -0.1) is 12.4 Å². The van der Waals surface area contributed by atoms with Crippen molar-refractivity contribution in [3.63, 3.8) is 0 Å². The van der Waals surface area contributed by atoms with Crippen LogP contribution in [0.4, 0.5) is 0 Å². The van der Waals surface area contributed by atoms with Crippen molar-refractivity contribution in [2.24, 2.45) is 0 Å². The first-order chi connectivity index (χ1) is 11.9. The van der Waals surface area contributed by atoms with E-state index in [4.69, 9.17) is 0 Å². The van der Waals surface area contributed by atoms with Gasteiger partial charge in [-0.3, -0.25) is 4.79 Å². The monoisotopic (exact) mass is 374 g/mol. The third-order valence-electron chi connectivity index (χ3n) is 4.82. The van der Waals surface area contributed by atoms with Crippen molar-refractivity contribution in [3.05, 3.63) is 71.8 Å². The maximum Gasteiger partial charge on any atom is 0.235 e. The second kappa shape index (κ2) is 9.75. The summed E-state index contributed by atoms with van der Waals surface area (Å²) < 4.78 is 0. The van der Waals surface area contributed by atoms with E-state index in [1.807, 2.05) is 50.2 Å². The van der Waals surface area contributed by atoms with Crippen molar-refractivity contribution in [1.29, 1.82) is 0 Å². The molecular formula is C22H31ClN2O. The van der Waals surface area contributed by atoms with Gasteiger partial charge in [0.05, 0.1) is 0 Å². The summed E-state index contributed by atoms with van der Waals surface area (Å²) in [6.07, 6.45) is 0.715. The number of carbonyl (C=O) groups is 1. The summed E-state index contributed by atoms with van der Waals surface area (Å²) in [5, 5.41) is 3.17. The maximum atomic E-state index is 13.5. The van der Waals surface area contributed by atoms with Crippen LogP contribution in [0.15, 0.2) is 60.7 Å². The fraction of sp³-hybridized carbons (Fsp3) is 0.409. The topological polar surface area (TPSA) is 32.3 Å². The van der Waals surface area contributed by atoms with E-state index in [0.717, 1.165) is 11.1 Å². The van der Waals surface area contributed by atoms with E-state index in [9.17, 15) is 4.79 Å². The van der Waals surface area contributed by atoms with Gasteiger partial charge in [-0.05, 0) is 52.4 Å². The molecule has 1 atom stereocenters. The molecule has 2 aromatic carbocycles. The lowest BCUT2D eigenvalue weighted by molar-refractivity contribution is -0.126. The van der Waals surface area contributed by atoms with Gasteiger partial charge in [-0.25, -0.2) is 0 Å². The first kappa shape index (κ1) is 22.2. The second-order valence-corrected chi connectivity index (χ2v) is 7.28. The normalized spacial score (nSPS) is 12.6. The summed E-state index contributed by atoms with van der Waals surface area (Å²) in [5.74, 6) is 0.0635. The molecule has 0 aromatic heterocycles. The van der Waals surface area contributed by atoms with Crippen molar-refractivity contribution in [1.82, 2.24) is 10.2 Å². The molecule has 0 fully saturated rings. The van der Waals surface area contributed by atoms with Crippen LogP contribution in [0.1, 0.15) is 38.3 Å². The first-order valence-electron chi connectivity index (χ1n) is 8.96. The zero-order chi connectivity index (χ0) is 18.4. The summed E-state index contributed by atoms with van der Waals surface area (Å²) in [5.41, 5.74) is 1.36. The number of hydrogen-bond donors (Lipinski definition) is 1. The van der Waals surface area contributed by atoms with E-state index in [-0.39, 0.29) is 30.4 Å². The predicted octanol–water partition coefficient (Wildman–Crippen LogP) is 4.26. The fourth-order valence-corrected chi connectivity index (χ4v) is 3.21. The van der Waals surface area contributed by atoms with Crippen LogP contribution in [0.3, 0.4) is 0 Å². The number of nitrogens with zero attached hydrogens (tertiary/aromatic N) is 1. The largest absolute Gasteiger partial charge is 0.353 e. The molecular weight excluding hydrogens is 344 g/mol. The lowest BCUT2D eigenvalue weighted by atomic mass is 9.69. The molecule has 0 saturated heterocycles. The summed E-state index contributed by atoms with van der Waals surface area (Å²) in [4.78, 5) is 15.7. The molecule has 0 bridgehead atoms. The molecule has 1 unspecified atom stereocenters. The Morgan fingerprint density at radius 3 is 1.69 bits per heavy atom. The number of rotatable bonds is 7. The zero-order valence-electron chi connectivity index (χ0n) is 16.4. The van der Waals surface area contributed by atoms with Gasteiger partial charge in [0.1, 0.15) is 5.41 Å². The van der Waals surface area contributed by atoms with E-state index in [1.165, 1.54) is 0 Å². The van der Waals surface area contributed by atoms with E-state index >= 15 is 0 Å². The van der Waals surface area contributed by atoms with Crippen LogP contribution in [0, 0.1) is 0 Å². The van der Waals surface area contributed by atoms with Crippen molar-refractivity contribution < 1.29 is 4.79 Å². The van der Waals surface area contributed by atoms with Crippen LogP contribution in [-0.2, 0) is 10.2 Å². The highest BCUT2D eigenvalue weighted by Gasteiger charge is 2.43. The van der Waals surface area contributed by atoms with Gasteiger partial charge >= 0.3 is 0 Å². The molecule has 0 radical (unpaired) electrons. The average Bonchev–Trinajstić information content (AvgIpc) is 2.60. The molecule has 2 aromatic rings. The van der Waals surface area contributed by atoms with E-state index in [0.29, 0.717) is 6.42 Å². The summed E-state index contributed by atoms with van der Waals surface area (Å²) >= 11 is 0. The Morgan fingerprint density at radius 2 is 1.35 bits per heavy atom. The Hall–Kier alpha value is -1.84. The number of amides is 1. The summed E-state index contributed by atoms with van der Waals surface area (Å²) in [6, 6.07) is 20.6. The van der Waals surface area contributed by atoms with E-state index in [2.05, 4.69) is 55.5 Å². The van der Waals surface area contributed by atoms with Gasteiger partial charge < -0.3 is 10.2 Å². The van der Waals surface area contributed by atoms with Gasteiger partial charge in [0.25, 0.3) is 0 Å². The Bertz CT molecular complexity index is 632. The molecule has 0 aliphatic rings. The third-order valence-corrected chi connectivity index (χ3v) is 4.82. The number of hydrogen-bond acceptors (Lipinski definition) is 2. The second-order valence-electron chi connectivity index (χ2n) is 7.28. The standard InChI is InChI=1S/C22H30N2O.ClH/c1-17(2)23-21(25)22(16-18(3)24(4)5,19-12-8-6-9-13-19)20-14-10-7-11-15-20;/h6-15,17-18H,16H2,1-5H3,(H,23,25);1H. The van der Waals surface area contributed by atoms with Crippen LogP contribution >= 0.6 is 12.4 Å². The number of carbonyl (C=O) groups excluding carboxylic acids is 1. The Morgan fingerprint density at radius 1 is 0.923 bits per heavy atom. The molecule has 142 valence electrons. The minimum Gasteiger partial charge on any atom is -0.353 e. The zero-order valence-corrected chi connectivity index (χ0v) is 17.2. The van der Waals surface area contributed by atoms with Crippen LogP contribution in [0.25, 0.3) is 0 Å². The van der Waals surface area contributed by atoms with Gasteiger partial charge in [0.2, 0.25) is 5.91 Å². The lowest BCUT2D eigenvalue weighted by Gasteiger charge is -2.38. The molecule has 0 aliphatic carbocycles. The van der Waals surface area contributed by atoms with Gasteiger partial charge in [0.15, 0.2) is 0 Å². The molecule has 0 spiro atoms. The quantitative estimate of drug-likeness (QED) is 0.785. The first-order valence-corrected chi connectivity index (χ1v) is 8.96. The molecule has 0 aliphatic heterocycles. The summed E-state index contributed by atoms with van der Waals surface area (Å²) in [6.45, 7) is 6.19. The van der Waals surface area contributed by atoms with Crippen LogP contribution < -0.4 is 5.32 Å². The van der Waals surface area contributed by atoms with Gasteiger partial charge in [0, 0.05) is 12.1 Å². The molecule has 1 amide bonds. The molecule has 2 rings (SSSR count). The maximum absolute atomic E-state index is 13.5. The Kier molecular flexibility index (Phi) is 8.32. The third kappa shape index (κ3) is 4.87. The van der Waals surface area contributed by atoms with Gasteiger partial charge in [-0.2, -0.15) is 0 Å². The fourth-order valence-electron chi connectivity index (χ4n) is 3.21. The molecule has 4 heteroatoms. The average molecular weight is 375 g/mol. The van der Waals surface area contributed by atoms with Crippen LogP contribution in [-0.4, -0.2) is 37.0 Å². The number of nitrogens with one attached hydrogen (secondary N) is 1. The Balaban J connectivity index is 0.00000338. The SMILES string of the molecule is CC(C)NC(=O)C(CC(C)N(C)C)(c1ccccc1)c1ccccc1.Cl. The highest BCUT2D eigenvalue weighted by Crippen LogP contribution is 2.38. The molecule has 0 saturated carbocycles. The van der Waals surface area contributed by atoms with Crippen molar-refractivity contribution >= 4 is 18.3 Å². The van der Waals surface area contributed by atoms with Crippen molar-refractivity contribution in [2.45, 2.75) is 44.7 Å². The molecule has 0 heterocycles. The predicted molar refractivity (Wildman–Crippen MR) is 112 cm³/mol. The van der Waals surface area contributed by atoms with Crippen molar-refractivity contribution in [2.75, 3.05) is 14.1 Å². The van der Waals surface area contributed by atoms with Crippen molar-refractivity contribution in [3.8, 4) is 0 Å². The van der Waals surface area contributed by atoms with Gasteiger partial charge in [-0.1, -0.05) is 60.7 Å². The Labute approximate surface area is 164 Å². The number of halogens is 1. The van der Waals surface area contributed by atoms with Crippen LogP contribution in [0.5, 0.6) is 0 Å². The van der Waals surface area contributed by atoms with Crippen LogP contribution in [0.2, 0.25) is 0 Å². The summed E-state index contributed by atoms with van der Waals surface area (Å²) in [7, 11) is 4.12. The molecule has 1 N–H and O–H groups in total. The molecule has 3 nitrogen and oxygen atoms in total. The lowest BCUT2D eigenvalue weighted by Crippen LogP contribution is -2.50. The smallest absolute Gasteiger partial charge is 0.235 e. The van der Waals surface area contributed by atoms with E-state index < -0.39 is 5.41 Å². The highest BCUT2D eigenvalue weighted by atomic mass is 35.5. The number of benzene rings is 2. The minimum atomic E-state index is -0.712. The minimum absolute atomic E-state index is 0. The van der Waals surface area contributed by atoms with E-state index in [1.54, 1.807) is 0 Å². The highest BCUT2D eigenvalue weighted by molar-refractivity contribution is 5.92. The molecule has 26 heavy (non-hydrogen) atoms.